The van der Waals surface area contributed by atoms with Crippen LogP contribution < -0.4 is 10.6 Å². The lowest BCUT2D eigenvalue weighted by Gasteiger charge is -2.28. The zero-order chi connectivity index (χ0) is 19.0. The van der Waals surface area contributed by atoms with Gasteiger partial charge in [-0.05, 0) is 42.7 Å². The van der Waals surface area contributed by atoms with Gasteiger partial charge < -0.3 is 15.4 Å². The number of benzene rings is 1. The highest BCUT2D eigenvalue weighted by molar-refractivity contribution is 14.0. The molecule has 0 amide bonds. The maximum atomic E-state index is 12.1. The maximum Gasteiger partial charge on any atom is 0.411 e. The molecule has 1 fully saturated rings. The Balaban J connectivity index is 0.00000364. The zero-order valence-corrected chi connectivity index (χ0v) is 18.1. The third-order valence-electron chi connectivity index (χ3n) is 4.57. The molecular formula is C19H29F3IN3O. The molecule has 27 heavy (non-hydrogen) atoms. The fourth-order valence-electron chi connectivity index (χ4n) is 3.09. The van der Waals surface area contributed by atoms with Crippen molar-refractivity contribution in [3.63, 3.8) is 0 Å². The molecule has 0 radical (unpaired) electrons. The van der Waals surface area contributed by atoms with Crippen molar-refractivity contribution in [1.82, 2.24) is 10.6 Å². The van der Waals surface area contributed by atoms with Crippen molar-refractivity contribution in [2.75, 3.05) is 13.7 Å². The van der Waals surface area contributed by atoms with Crippen LogP contribution in [0.5, 0.6) is 0 Å². The first-order valence-electron chi connectivity index (χ1n) is 9.05. The molecule has 0 aliphatic heterocycles. The van der Waals surface area contributed by atoms with Crippen LogP contribution in [-0.4, -0.2) is 31.8 Å². The molecule has 1 aliphatic rings. The van der Waals surface area contributed by atoms with Crippen molar-refractivity contribution in [2.24, 2.45) is 10.9 Å². The summed E-state index contributed by atoms with van der Waals surface area (Å²) < 4.78 is 41.1. The van der Waals surface area contributed by atoms with Crippen LogP contribution in [0.4, 0.5) is 13.2 Å². The summed E-state index contributed by atoms with van der Waals surface area (Å²) in [4.78, 5) is 4.26. The number of halogens is 4. The van der Waals surface area contributed by atoms with Crippen LogP contribution in [-0.2, 0) is 17.9 Å². The van der Waals surface area contributed by atoms with Gasteiger partial charge in [0.15, 0.2) is 5.96 Å². The van der Waals surface area contributed by atoms with Crippen molar-refractivity contribution in [3.8, 4) is 0 Å². The highest BCUT2D eigenvalue weighted by Gasteiger charge is 2.27. The minimum atomic E-state index is -4.30. The molecule has 1 aromatic carbocycles. The number of hydrogen-bond donors (Lipinski definition) is 2. The first-order chi connectivity index (χ1) is 12.4. The molecule has 0 unspecified atom stereocenters. The molecule has 0 heterocycles. The van der Waals surface area contributed by atoms with E-state index in [1.54, 1.807) is 13.1 Å². The van der Waals surface area contributed by atoms with E-state index < -0.39 is 12.8 Å². The van der Waals surface area contributed by atoms with Crippen LogP contribution in [0, 0.1) is 5.92 Å². The van der Waals surface area contributed by atoms with E-state index in [0.717, 1.165) is 35.8 Å². The largest absolute Gasteiger partial charge is 0.411 e. The minimum Gasteiger partial charge on any atom is -0.367 e. The molecule has 2 rings (SSSR count). The SMILES string of the molecule is CN=C(NCc1cccc(COCC(F)(F)F)c1)NC1CCC(C)CC1.I. The Morgan fingerprint density at radius 1 is 1.19 bits per heavy atom. The summed E-state index contributed by atoms with van der Waals surface area (Å²) in [6, 6.07) is 7.80. The molecule has 1 aromatic rings. The monoisotopic (exact) mass is 499 g/mol. The van der Waals surface area contributed by atoms with E-state index in [1.165, 1.54) is 12.8 Å². The molecule has 0 bridgehead atoms. The van der Waals surface area contributed by atoms with Gasteiger partial charge >= 0.3 is 6.18 Å². The van der Waals surface area contributed by atoms with Gasteiger partial charge in [0.1, 0.15) is 6.61 Å². The van der Waals surface area contributed by atoms with Gasteiger partial charge in [0.05, 0.1) is 6.61 Å². The fraction of sp³-hybridized carbons (Fsp3) is 0.632. The van der Waals surface area contributed by atoms with Crippen LogP contribution >= 0.6 is 24.0 Å². The molecular weight excluding hydrogens is 470 g/mol. The number of nitrogens with zero attached hydrogens (tertiary/aromatic N) is 1. The smallest absolute Gasteiger partial charge is 0.367 e. The Labute approximate surface area is 176 Å². The van der Waals surface area contributed by atoms with Crippen LogP contribution in [0.15, 0.2) is 29.3 Å². The standard InChI is InChI=1S/C19H28F3N3O.HI/c1-14-6-8-17(9-7-14)25-18(23-2)24-11-15-4-3-5-16(10-15)12-26-13-19(20,21)22;/h3-5,10,14,17H,6-9,11-13H2,1-2H3,(H2,23,24,25);1H. The van der Waals surface area contributed by atoms with Gasteiger partial charge in [-0.25, -0.2) is 0 Å². The summed E-state index contributed by atoms with van der Waals surface area (Å²) in [5, 5.41) is 6.72. The molecule has 154 valence electrons. The van der Waals surface area contributed by atoms with Crippen LogP contribution in [0.1, 0.15) is 43.7 Å². The minimum absolute atomic E-state index is 0. The first kappa shape index (κ1) is 24.0. The predicted molar refractivity (Wildman–Crippen MR) is 112 cm³/mol. The van der Waals surface area contributed by atoms with Gasteiger partial charge in [-0.15, -0.1) is 24.0 Å². The number of ether oxygens (including phenoxy) is 1. The Morgan fingerprint density at radius 2 is 1.85 bits per heavy atom. The number of hydrogen-bond acceptors (Lipinski definition) is 2. The summed E-state index contributed by atoms with van der Waals surface area (Å²) in [5.41, 5.74) is 1.69. The molecule has 0 atom stereocenters. The van der Waals surface area contributed by atoms with Crippen molar-refractivity contribution >= 4 is 29.9 Å². The third-order valence-corrected chi connectivity index (χ3v) is 4.57. The van der Waals surface area contributed by atoms with E-state index in [2.05, 4.69) is 22.5 Å². The number of aliphatic imine (C=N–C) groups is 1. The molecule has 1 aliphatic carbocycles. The molecule has 8 heteroatoms. The number of guanidine groups is 1. The van der Waals surface area contributed by atoms with Gasteiger partial charge in [0.25, 0.3) is 0 Å². The third kappa shape index (κ3) is 9.64. The van der Waals surface area contributed by atoms with Gasteiger partial charge in [0.2, 0.25) is 0 Å². The summed E-state index contributed by atoms with van der Waals surface area (Å²) in [7, 11) is 1.74. The molecule has 1 saturated carbocycles. The first-order valence-corrected chi connectivity index (χ1v) is 9.05. The normalized spacial score (nSPS) is 20.7. The Hall–Kier alpha value is -1.03. The highest BCUT2D eigenvalue weighted by Crippen LogP contribution is 2.23. The van der Waals surface area contributed by atoms with E-state index in [9.17, 15) is 13.2 Å². The van der Waals surface area contributed by atoms with Gasteiger partial charge in [0, 0.05) is 19.6 Å². The predicted octanol–water partition coefficient (Wildman–Crippen LogP) is 4.63. The van der Waals surface area contributed by atoms with E-state index in [4.69, 9.17) is 4.74 Å². The summed E-state index contributed by atoms with van der Waals surface area (Å²) in [6.45, 7) is 1.55. The Morgan fingerprint density at radius 3 is 2.48 bits per heavy atom. The van der Waals surface area contributed by atoms with Crippen LogP contribution in [0.3, 0.4) is 0 Å². The van der Waals surface area contributed by atoms with Gasteiger partial charge in [-0.2, -0.15) is 13.2 Å². The van der Waals surface area contributed by atoms with Crippen LogP contribution in [0.2, 0.25) is 0 Å². The maximum absolute atomic E-state index is 12.1. The Kier molecular flexibility index (Phi) is 10.4. The van der Waals surface area contributed by atoms with E-state index >= 15 is 0 Å². The molecule has 4 nitrogen and oxygen atoms in total. The van der Waals surface area contributed by atoms with E-state index in [1.807, 2.05) is 18.2 Å². The summed E-state index contributed by atoms with van der Waals surface area (Å²) in [6.07, 6.45) is 0.458. The van der Waals surface area contributed by atoms with Gasteiger partial charge in [-0.3, -0.25) is 4.99 Å². The van der Waals surface area contributed by atoms with E-state index in [-0.39, 0.29) is 30.6 Å². The zero-order valence-electron chi connectivity index (χ0n) is 15.8. The summed E-state index contributed by atoms with van der Waals surface area (Å²) in [5.74, 6) is 1.55. The second-order valence-electron chi connectivity index (χ2n) is 6.95. The number of rotatable bonds is 6. The lowest BCUT2D eigenvalue weighted by atomic mass is 9.87. The van der Waals surface area contributed by atoms with Crippen molar-refractivity contribution in [3.05, 3.63) is 35.4 Å². The fourth-order valence-corrected chi connectivity index (χ4v) is 3.09. The van der Waals surface area contributed by atoms with Crippen molar-refractivity contribution in [1.29, 1.82) is 0 Å². The van der Waals surface area contributed by atoms with Crippen LogP contribution in [0.25, 0.3) is 0 Å². The van der Waals surface area contributed by atoms with E-state index in [0.29, 0.717) is 12.6 Å². The van der Waals surface area contributed by atoms with Crippen molar-refractivity contribution < 1.29 is 17.9 Å². The quantitative estimate of drug-likeness (QED) is 0.341. The number of alkyl halides is 3. The average molecular weight is 499 g/mol. The lowest BCUT2D eigenvalue weighted by Crippen LogP contribution is -2.44. The highest BCUT2D eigenvalue weighted by atomic mass is 127. The number of nitrogens with one attached hydrogen (secondary N) is 2. The molecule has 0 saturated heterocycles. The average Bonchev–Trinajstić information content (AvgIpc) is 2.59. The topological polar surface area (TPSA) is 45.7 Å². The molecule has 0 spiro atoms. The van der Waals surface area contributed by atoms with Crippen molar-refractivity contribution in [2.45, 2.75) is 58.0 Å². The summed E-state index contributed by atoms with van der Waals surface area (Å²) >= 11 is 0. The lowest BCUT2D eigenvalue weighted by molar-refractivity contribution is -0.176. The van der Waals surface area contributed by atoms with Gasteiger partial charge in [-0.1, -0.05) is 31.2 Å². The second kappa shape index (κ2) is 11.7. The molecule has 0 aromatic heterocycles. The molecule has 2 N–H and O–H groups in total. The Bertz CT molecular complexity index is 588. The second-order valence-corrected chi connectivity index (χ2v) is 6.95.